The summed E-state index contributed by atoms with van der Waals surface area (Å²) in [5.74, 6) is -1.08. The summed E-state index contributed by atoms with van der Waals surface area (Å²) in [6, 6.07) is 17.1. The maximum absolute atomic E-state index is 13.2. The molecule has 3 aromatic carbocycles. The van der Waals surface area contributed by atoms with Crippen molar-refractivity contribution in [3.05, 3.63) is 77.6 Å². The normalized spacial score (nSPS) is 14.7. The second kappa shape index (κ2) is 12.3. The van der Waals surface area contributed by atoms with Gasteiger partial charge in [-0.3, -0.25) is 25.2 Å². The molecule has 1 aliphatic rings. The van der Waals surface area contributed by atoms with E-state index in [1.54, 1.807) is 36.4 Å². The number of rotatable bonds is 10. The lowest BCUT2D eigenvalue weighted by Gasteiger charge is -2.18. The zero-order valence-corrected chi connectivity index (χ0v) is 21.3. The van der Waals surface area contributed by atoms with Gasteiger partial charge in [0.05, 0.1) is 18.2 Å². The Hall–Kier alpha value is -4.31. The smallest absolute Gasteiger partial charge is 0.262 e. The molecule has 0 aromatic heterocycles. The Morgan fingerprint density at radius 2 is 1.79 bits per heavy atom. The van der Waals surface area contributed by atoms with Crippen molar-refractivity contribution in [1.29, 1.82) is 0 Å². The maximum Gasteiger partial charge on any atom is 0.262 e. The number of carbonyl (C=O) groups excluding carboxylic acids is 3. The number of hydrazine groups is 1. The molecule has 3 N–H and O–H groups in total. The first-order valence-corrected chi connectivity index (χ1v) is 12.3. The number of nitrogens with one attached hydrogen (secondary N) is 3. The Bertz CT molecular complexity index is 1300. The standard InChI is InChI=1S/C27H26ClFN4O5/c1-2-37-22-10-6-20(7-11-22)30-25(34)16-38-24-12-3-18(28)14-23(24)31-32-27(36)17-13-26(35)33(15-17)21-8-4-19(29)5-9-21/h3-12,14,17,31H,2,13,15-16H2,1H3,(H,30,34)(H,32,36)/t17-/m0/s1. The molecule has 0 aliphatic carbocycles. The summed E-state index contributed by atoms with van der Waals surface area (Å²) in [4.78, 5) is 39.0. The third kappa shape index (κ3) is 6.92. The number of benzene rings is 3. The number of amides is 3. The number of anilines is 3. The first kappa shape index (κ1) is 26.7. The first-order chi connectivity index (χ1) is 18.3. The van der Waals surface area contributed by atoms with Crippen LogP contribution < -0.4 is 30.5 Å². The predicted octanol–water partition coefficient (Wildman–Crippen LogP) is 4.39. The van der Waals surface area contributed by atoms with Gasteiger partial charge in [0.15, 0.2) is 6.61 Å². The molecule has 1 aliphatic heterocycles. The van der Waals surface area contributed by atoms with E-state index in [9.17, 15) is 18.8 Å². The van der Waals surface area contributed by atoms with Crippen LogP contribution in [0.3, 0.4) is 0 Å². The summed E-state index contributed by atoms with van der Waals surface area (Å²) in [5, 5.41) is 3.11. The van der Waals surface area contributed by atoms with E-state index >= 15 is 0 Å². The lowest BCUT2D eigenvalue weighted by Crippen LogP contribution is -2.36. The topological polar surface area (TPSA) is 109 Å². The highest BCUT2D eigenvalue weighted by Gasteiger charge is 2.35. The van der Waals surface area contributed by atoms with Gasteiger partial charge >= 0.3 is 0 Å². The molecule has 38 heavy (non-hydrogen) atoms. The summed E-state index contributed by atoms with van der Waals surface area (Å²) in [6.07, 6.45) is 0.00944. The Labute approximate surface area is 223 Å². The summed E-state index contributed by atoms with van der Waals surface area (Å²) in [6.45, 7) is 2.30. The third-order valence-electron chi connectivity index (χ3n) is 5.70. The van der Waals surface area contributed by atoms with Crippen LogP contribution in [0.1, 0.15) is 13.3 Å². The van der Waals surface area contributed by atoms with Crippen molar-refractivity contribution in [2.75, 3.05) is 35.4 Å². The monoisotopic (exact) mass is 540 g/mol. The number of hydrogen-bond donors (Lipinski definition) is 3. The van der Waals surface area contributed by atoms with Gasteiger partial charge in [-0.15, -0.1) is 0 Å². The van der Waals surface area contributed by atoms with E-state index < -0.39 is 17.6 Å². The molecule has 0 bridgehead atoms. The molecule has 11 heteroatoms. The molecule has 1 atom stereocenters. The number of nitrogens with zero attached hydrogens (tertiary/aromatic N) is 1. The van der Waals surface area contributed by atoms with Gasteiger partial charge in [0.1, 0.15) is 17.3 Å². The number of hydrogen-bond acceptors (Lipinski definition) is 6. The minimum atomic E-state index is -0.622. The highest BCUT2D eigenvalue weighted by atomic mass is 35.5. The zero-order valence-electron chi connectivity index (χ0n) is 20.5. The molecule has 1 saturated heterocycles. The van der Waals surface area contributed by atoms with Gasteiger partial charge in [-0.25, -0.2) is 4.39 Å². The van der Waals surface area contributed by atoms with Crippen molar-refractivity contribution in [2.24, 2.45) is 5.92 Å². The fraction of sp³-hybridized carbons (Fsp3) is 0.222. The van der Waals surface area contributed by atoms with Crippen LogP contribution in [-0.2, 0) is 14.4 Å². The Balaban J connectivity index is 1.31. The van der Waals surface area contributed by atoms with E-state index in [2.05, 4.69) is 16.2 Å². The summed E-state index contributed by atoms with van der Waals surface area (Å²) < 4.78 is 24.2. The second-order valence-corrected chi connectivity index (χ2v) is 8.87. The summed E-state index contributed by atoms with van der Waals surface area (Å²) in [7, 11) is 0. The van der Waals surface area contributed by atoms with Crippen molar-refractivity contribution < 1.29 is 28.2 Å². The van der Waals surface area contributed by atoms with E-state index in [-0.39, 0.29) is 37.1 Å². The molecule has 4 rings (SSSR count). The first-order valence-electron chi connectivity index (χ1n) is 11.9. The minimum Gasteiger partial charge on any atom is -0.494 e. The Morgan fingerprint density at radius 1 is 1.05 bits per heavy atom. The van der Waals surface area contributed by atoms with Crippen LogP contribution >= 0.6 is 11.6 Å². The summed E-state index contributed by atoms with van der Waals surface area (Å²) >= 11 is 6.11. The third-order valence-corrected chi connectivity index (χ3v) is 5.94. The molecular formula is C27H26ClFN4O5. The number of ether oxygens (including phenoxy) is 2. The van der Waals surface area contributed by atoms with E-state index in [1.807, 2.05) is 6.92 Å². The average Bonchev–Trinajstić information content (AvgIpc) is 3.30. The fourth-order valence-corrected chi connectivity index (χ4v) is 4.02. The zero-order chi connectivity index (χ0) is 27.1. The molecule has 0 radical (unpaired) electrons. The highest BCUT2D eigenvalue weighted by Crippen LogP contribution is 2.29. The molecule has 3 amide bonds. The Morgan fingerprint density at radius 3 is 2.50 bits per heavy atom. The van der Waals surface area contributed by atoms with Crippen molar-refractivity contribution in [3.63, 3.8) is 0 Å². The van der Waals surface area contributed by atoms with E-state index in [1.165, 1.54) is 35.2 Å². The molecule has 0 saturated carbocycles. The SMILES string of the molecule is CCOc1ccc(NC(=O)COc2ccc(Cl)cc2NNC(=O)[C@H]2CC(=O)N(c3ccc(F)cc3)C2)cc1. The van der Waals surface area contributed by atoms with Crippen LogP contribution in [0.5, 0.6) is 11.5 Å². The lowest BCUT2D eigenvalue weighted by molar-refractivity contribution is -0.125. The van der Waals surface area contributed by atoms with Crippen LogP contribution in [-0.4, -0.2) is 37.5 Å². The second-order valence-electron chi connectivity index (χ2n) is 8.43. The van der Waals surface area contributed by atoms with Crippen molar-refractivity contribution >= 4 is 46.4 Å². The quantitative estimate of drug-likeness (QED) is 0.329. The highest BCUT2D eigenvalue weighted by molar-refractivity contribution is 6.31. The van der Waals surface area contributed by atoms with Crippen LogP contribution in [0, 0.1) is 11.7 Å². The van der Waals surface area contributed by atoms with Crippen molar-refractivity contribution in [3.8, 4) is 11.5 Å². The molecule has 0 spiro atoms. The van der Waals surface area contributed by atoms with Gasteiger partial charge in [-0.1, -0.05) is 11.6 Å². The molecule has 3 aromatic rings. The van der Waals surface area contributed by atoms with Crippen molar-refractivity contribution in [2.45, 2.75) is 13.3 Å². The van der Waals surface area contributed by atoms with Crippen LogP contribution in [0.25, 0.3) is 0 Å². The molecule has 1 fully saturated rings. The predicted molar refractivity (Wildman–Crippen MR) is 142 cm³/mol. The Kier molecular flexibility index (Phi) is 8.65. The lowest BCUT2D eigenvalue weighted by atomic mass is 10.1. The van der Waals surface area contributed by atoms with Gasteiger partial charge in [0.25, 0.3) is 5.91 Å². The molecule has 1 heterocycles. The fourth-order valence-electron chi connectivity index (χ4n) is 3.85. The minimum absolute atomic E-state index is 0.00944. The van der Waals surface area contributed by atoms with Gasteiger partial charge in [0.2, 0.25) is 11.8 Å². The molecule has 0 unspecified atom stereocenters. The summed E-state index contributed by atoms with van der Waals surface area (Å²) in [5.41, 5.74) is 6.78. The molecule has 9 nitrogen and oxygen atoms in total. The molecular weight excluding hydrogens is 515 g/mol. The van der Waals surface area contributed by atoms with Gasteiger partial charge in [-0.05, 0) is 73.7 Å². The van der Waals surface area contributed by atoms with Crippen molar-refractivity contribution in [1.82, 2.24) is 5.43 Å². The average molecular weight is 541 g/mol. The van der Waals surface area contributed by atoms with Gasteiger partial charge in [-0.2, -0.15) is 0 Å². The van der Waals surface area contributed by atoms with Crippen LogP contribution in [0.4, 0.5) is 21.5 Å². The van der Waals surface area contributed by atoms with Gasteiger partial charge in [0, 0.05) is 29.4 Å². The van der Waals surface area contributed by atoms with E-state index in [4.69, 9.17) is 21.1 Å². The maximum atomic E-state index is 13.2. The van der Waals surface area contributed by atoms with E-state index in [0.717, 1.165) is 0 Å². The van der Waals surface area contributed by atoms with Crippen LogP contribution in [0.15, 0.2) is 66.7 Å². The number of halogens is 2. The van der Waals surface area contributed by atoms with Gasteiger partial charge < -0.3 is 19.7 Å². The molecule has 198 valence electrons. The van der Waals surface area contributed by atoms with Crippen LogP contribution in [0.2, 0.25) is 5.02 Å². The van der Waals surface area contributed by atoms with E-state index in [0.29, 0.717) is 34.4 Å². The largest absolute Gasteiger partial charge is 0.494 e. The number of carbonyl (C=O) groups is 3.